The van der Waals surface area contributed by atoms with Gasteiger partial charge in [-0.2, -0.15) is 0 Å². The molecule has 20 heavy (non-hydrogen) atoms. The number of alkyl halides is 1. The first-order valence-electron chi connectivity index (χ1n) is 7.72. The van der Waals surface area contributed by atoms with E-state index in [1.165, 1.54) is 24.8 Å². The highest BCUT2D eigenvalue weighted by Gasteiger charge is 2.47. The van der Waals surface area contributed by atoms with Gasteiger partial charge in [0, 0.05) is 23.8 Å². The number of carbonyl (C=O) groups is 1. The molecule has 1 aliphatic carbocycles. The minimum atomic E-state index is 0.252. The molecule has 3 unspecified atom stereocenters. The van der Waals surface area contributed by atoms with Gasteiger partial charge in [0.2, 0.25) is 5.91 Å². The summed E-state index contributed by atoms with van der Waals surface area (Å²) in [5, 5.41) is 1.04. The molecule has 2 aliphatic rings. The number of halogens is 1. The van der Waals surface area contributed by atoms with Gasteiger partial charge in [0.15, 0.2) is 0 Å². The lowest BCUT2D eigenvalue weighted by Gasteiger charge is -2.25. The van der Waals surface area contributed by atoms with E-state index in [1.807, 2.05) is 6.07 Å². The molecule has 3 atom stereocenters. The van der Waals surface area contributed by atoms with Gasteiger partial charge in [-0.05, 0) is 43.6 Å². The number of rotatable bonds is 5. The van der Waals surface area contributed by atoms with Gasteiger partial charge in [-0.1, -0.05) is 46.3 Å². The van der Waals surface area contributed by atoms with E-state index in [4.69, 9.17) is 0 Å². The van der Waals surface area contributed by atoms with Crippen molar-refractivity contribution in [2.75, 3.05) is 11.9 Å². The largest absolute Gasteiger partial charge is 0.339 e. The fraction of sp³-hybridized carbons (Fsp3) is 0.588. The Labute approximate surface area is 129 Å². The van der Waals surface area contributed by atoms with Crippen molar-refractivity contribution in [2.45, 2.75) is 44.1 Å². The van der Waals surface area contributed by atoms with Gasteiger partial charge < -0.3 is 4.90 Å². The second kappa shape index (κ2) is 6.30. The normalized spacial score (nSPS) is 28.6. The maximum Gasteiger partial charge on any atom is 0.226 e. The molecule has 3 heteroatoms. The van der Waals surface area contributed by atoms with Crippen LogP contribution in [-0.2, 0) is 4.79 Å². The van der Waals surface area contributed by atoms with Gasteiger partial charge in [0.25, 0.3) is 0 Å². The van der Waals surface area contributed by atoms with E-state index in [2.05, 4.69) is 45.1 Å². The first-order valence-corrected chi connectivity index (χ1v) is 8.85. The lowest BCUT2D eigenvalue weighted by atomic mass is 10.1. The Hall–Kier alpha value is -0.830. The van der Waals surface area contributed by atoms with Crippen molar-refractivity contribution in [2.24, 2.45) is 5.92 Å². The van der Waals surface area contributed by atoms with E-state index in [-0.39, 0.29) is 5.92 Å². The number of likely N-dealkylation sites (tertiary alicyclic amines) is 1. The zero-order valence-corrected chi connectivity index (χ0v) is 13.4. The van der Waals surface area contributed by atoms with E-state index in [0.717, 1.165) is 24.7 Å². The van der Waals surface area contributed by atoms with E-state index in [9.17, 15) is 4.79 Å². The summed E-state index contributed by atoms with van der Waals surface area (Å²) in [6.45, 7) is 0.976. The molecule has 0 aromatic heterocycles. The predicted molar refractivity (Wildman–Crippen MR) is 85.1 cm³/mol. The second-order valence-electron chi connectivity index (χ2n) is 6.02. The van der Waals surface area contributed by atoms with Crippen LogP contribution in [0, 0.1) is 5.92 Å². The predicted octanol–water partition coefficient (Wildman–Crippen LogP) is 3.96. The number of benzene rings is 1. The van der Waals surface area contributed by atoms with E-state index in [0.29, 0.717) is 17.9 Å². The van der Waals surface area contributed by atoms with Crippen LogP contribution < -0.4 is 0 Å². The lowest BCUT2D eigenvalue weighted by molar-refractivity contribution is -0.133. The molecule has 0 N–H and O–H groups in total. The van der Waals surface area contributed by atoms with Crippen molar-refractivity contribution in [1.29, 1.82) is 0 Å². The summed E-state index contributed by atoms with van der Waals surface area (Å²) < 4.78 is 0. The Morgan fingerprint density at radius 2 is 2.10 bits per heavy atom. The van der Waals surface area contributed by atoms with Gasteiger partial charge in [-0.25, -0.2) is 0 Å². The third-order valence-electron chi connectivity index (χ3n) is 4.67. The van der Waals surface area contributed by atoms with Crippen LogP contribution in [0.1, 0.15) is 43.6 Å². The lowest BCUT2D eigenvalue weighted by Crippen LogP contribution is -2.36. The standard InChI is InChI=1S/C17H22BrNO/c18-10-4-8-14-9-5-11-19(14)17(20)16-12-15(16)13-6-2-1-3-7-13/h1-3,6-7,14-16H,4-5,8-12H2. The molecule has 3 rings (SSSR count). The molecule has 1 saturated heterocycles. The number of nitrogens with zero attached hydrogens (tertiary/aromatic N) is 1. The molecule has 1 aromatic carbocycles. The summed E-state index contributed by atoms with van der Waals surface area (Å²) >= 11 is 3.49. The zero-order valence-electron chi connectivity index (χ0n) is 11.8. The quantitative estimate of drug-likeness (QED) is 0.746. The van der Waals surface area contributed by atoms with Crippen LogP contribution in [0.3, 0.4) is 0 Å². The van der Waals surface area contributed by atoms with Crippen LogP contribution >= 0.6 is 15.9 Å². The van der Waals surface area contributed by atoms with Crippen LogP contribution in [0.2, 0.25) is 0 Å². The molecule has 1 aromatic rings. The highest BCUT2D eigenvalue weighted by atomic mass is 79.9. The number of amides is 1. The summed E-state index contributed by atoms with van der Waals surface area (Å²) in [6.07, 6.45) is 5.74. The van der Waals surface area contributed by atoms with Crippen molar-refractivity contribution < 1.29 is 4.79 Å². The smallest absolute Gasteiger partial charge is 0.226 e. The van der Waals surface area contributed by atoms with Crippen LogP contribution in [-0.4, -0.2) is 28.7 Å². The molecule has 0 radical (unpaired) electrons. The van der Waals surface area contributed by atoms with Gasteiger partial charge in [0.1, 0.15) is 0 Å². The zero-order chi connectivity index (χ0) is 13.9. The van der Waals surface area contributed by atoms with Crippen LogP contribution in [0.15, 0.2) is 30.3 Å². The third-order valence-corrected chi connectivity index (χ3v) is 5.23. The van der Waals surface area contributed by atoms with Crippen LogP contribution in [0.5, 0.6) is 0 Å². The number of hydrogen-bond acceptors (Lipinski definition) is 1. The Morgan fingerprint density at radius 1 is 1.30 bits per heavy atom. The molecular weight excluding hydrogens is 314 g/mol. The Kier molecular flexibility index (Phi) is 4.45. The summed E-state index contributed by atoms with van der Waals surface area (Å²) in [4.78, 5) is 14.9. The SMILES string of the molecule is O=C(C1CC1c1ccccc1)N1CCCC1CCCBr. The first kappa shape index (κ1) is 14.1. The summed E-state index contributed by atoms with van der Waals surface area (Å²) in [6, 6.07) is 11.0. The molecule has 1 amide bonds. The monoisotopic (exact) mass is 335 g/mol. The molecule has 2 fully saturated rings. The fourth-order valence-corrected chi connectivity index (χ4v) is 3.81. The molecule has 0 spiro atoms. The van der Waals surface area contributed by atoms with Gasteiger partial charge >= 0.3 is 0 Å². The minimum Gasteiger partial charge on any atom is -0.339 e. The van der Waals surface area contributed by atoms with Crippen molar-refractivity contribution in [3.05, 3.63) is 35.9 Å². The molecule has 2 nitrogen and oxygen atoms in total. The van der Waals surface area contributed by atoms with Crippen molar-refractivity contribution in [3.63, 3.8) is 0 Å². The topological polar surface area (TPSA) is 20.3 Å². The van der Waals surface area contributed by atoms with Gasteiger partial charge in [-0.3, -0.25) is 4.79 Å². The first-order chi connectivity index (χ1) is 9.81. The molecule has 0 bridgehead atoms. The molecular formula is C17H22BrNO. The molecule has 1 heterocycles. The molecule has 1 saturated carbocycles. The summed E-state index contributed by atoms with van der Waals surface area (Å²) in [5.74, 6) is 1.14. The Bertz CT molecular complexity index is 461. The maximum absolute atomic E-state index is 12.7. The second-order valence-corrected chi connectivity index (χ2v) is 6.81. The van der Waals surface area contributed by atoms with Gasteiger partial charge in [0.05, 0.1) is 0 Å². The maximum atomic E-state index is 12.7. The van der Waals surface area contributed by atoms with Crippen LogP contribution in [0.4, 0.5) is 0 Å². The molecule has 108 valence electrons. The Morgan fingerprint density at radius 3 is 2.85 bits per heavy atom. The van der Waals surface area contributed by atoms with Crippen molar-refractivity contribution in [1.82, 2.24) is 4.90 Å². The van der Waals surface area contributed by atoms with Crippen LogP contribution in [0.25, 0.3) is 0 Å². The summed E-state index contributed by atoms with van der Waals surface area (Å²) in [5.41, 5.74) is 1.34. The fourth-order valence-electron chi connectivity index (χ4n) is 3.49. The highest BCUT2D eigenvalue weighted by molar-refractivity contribution is 9.09. The van der Waals surface area contributed by atoms with E-state index in [1.54, 1.807) is 0 Å². The average molecular weight is 336 g/mol. The van der Waals surface area contributed by atoms with E-state index < -0.39 is 0 Å². The third kappa shape index (κ3) is 2.93. The number of carbonyl (C=O) groups excluding carboxylic acids is 1. The Balaban J connectivity index is 1.60. The van der Waals surface area contributed by atoms with E-state index >= 15 is 0 Å². The number of hydrogen-bond donors (Lipinski definition) is 0. The highest BCUT2D eigenvalue weighted by Crippen LogP contribution is 2.49. The minimum absolute atomic E-state index is 0.252. The average Bonchev–Trinajstić information content (AvgIpc) is 3.16. The van der Waals surface area contributed by atoms with Gasteiger partial charge in [-0.15, -0.1) is 0 Å². The summed E-state index contributed by atoms with van der Waals surface area (Å²) in [7, 11) is 0. The van der Waals surface area contributed by atoms with Crippen molar-refractivity contribution in [3.8, 4) is 0 Å². The molecule has 1 aliphatic heterocycles. The van der Waals surface area contributed by atoms with Crippen molar-refractivity contribution >= 4 is 21.8 Å².